The Morgan fingerprint density at radius 3 is 1.75 bits per heavy atom. The lowest BCUT2D eigenvalue weighted by molar-refractivity contribution is -0.160. The number of benzene rings is 2. The summed E-state index contributed by atoms with van der Waals surface area (Å²) in [6.45, 7) is 19.0. The van der Waals surface area contributed by atoms with Crippen molar-refractivity contribution in [3.05, 3.63) is 97.1 Å². The molecule has 280 valence electrons. The van der Waals surface area contributed by atoms with E-state index >= 15 is 0 Å². The van der Waals surface area contributed by atoms with E-state index in [2.05, 4.69) is 23.2 Å². The molecular weight excluding hydrogens is 672 g/mol. The predicted molar refractivity (Wildman–Crippen MR) is 199 cm³/mol. The van der Waals surface area contributed by atoms with E-state index in [4.69, 9.17) is 25.8 Å². The number of rotatable bonds is 10. The average molecular weight is 727 g/mol. The standard InChI is InChI=1S/C20H27NO4.C12H21NO2.C8H7ClO2/c1-5-9-16-12-13-17(18(22)25-20(2,3)4)21(16)19(23)24-14-15-10-7-6-8-11-15;1-5-6-9-7-8-10(13-9)11(14)15-12(2,3)4;9-8(10)11-6-7-4-2-1-3-5-7/h5-8,10-11,16-17H,1,9,12-14H2,2-4H3;5,9-10,13H,1,6-8H2,2-4H3;1-5H,6H2/t16-,17+;9-,10+;/m11./s1. The Kier molecular flexibility index (Phi) is 17.9. The summed E-state index contributed by atoms with van der Waals surface area (Å²) >= 11 is 4.97. The second-order valence-electron chi connectivity index (χ2n) is 14.3. The largest absolute Gasteiger partial charge is 0.459 e. The molecule has 4 atom stereocenters. The number of nitrogens with zero attached hydrogens (tertiary/aromatic N) is 1. The number of carbonyl (C=O) groups is 4. The average Bonchev–Trinajstić information content (AvgIpc) is 3.71. The Hall–Kier alpha value is -4.15. The molecule has 2 aromatic rings. The molecule has 4 rings (SSSR count). The van der Waals surface area contributed by atoms with E-state index in [9.17, 15) is 19.2 Å². The molecule has 2 aliphatic rings. The van der Waals surface area contributed by atoms with E-state index in [1.54, 1.807) is 6.08 Å². The van der Waals surface area contributed by atoms with Crippen LogP contribution in [0.15, 0.2) is 86.0 Å². The van der Waals surface area contributed by atoms with Gasteiger partial charge in [-0.25, -0.2) is 14.4 Å². The topological polar surface area (TPSA) is 120 Å². The van der Waals surface area contributed by atoms with Gasteiger partial charge in [-0.05, 0) is 91.2 Å². The van der Waals surface area contributed by atoms with Crippen LogP contribution in [0.4, 0.5) is 9.59 Å². The van der Waals surface area contributed by atoms with Gasteiger partial charge < -0.3 is 24.3 Å². The summed E-state index contributed by atoms with van der Waals surface area (Å²) in [5, 5.41) is 3.27. The predicted octanol–water partition coefficient (Wildman–Crippen LogP) is 8.66. The molecule has 2 aromatic carbocycles. The van der Waals surface area contributed by atoms with Gasteiger partial charge in [0.2, 0.25) is 0 Å². The number of carbonyl (C=O) groups excluding carboxylic acids is 4. The molecule has 1 N–H and O–H groups in total. The van der Waals surface area contributed by atoms with Crippen LogP contribution in [0.25, 0.3) is 0 Å². The molecule has 0 aliphatic carbocycles. The number of hydrogen-bond donors (Lipinski definition) is 1. The van der Waals surface area contributed by atoms with Crippen LogP contribution in [0, 0.1) is 0 Å². The Labute approximate surface area is 308 Å². The van der Waals surface area contributed by atoms with Crippen LogP contribution in [0.5, 0.6) is 0 Å². The van der Waals surface area contributed by atoms with Crippen LogP contribution >= 0.6 is 11.6 Å². The number of halogens is 1. The summed E-state index contributed by atoms with van der Waals surface area (Å²) in [6, 6.07) is 18.4. The van der Waals surface area contributed by atoms with Crippen LogP contribution < -0.4 is 5.32 Å². The highest BCUT2D eigenvalue weighted by molar-refractivity contribution is 6.61. The fourth-order valence-corrected chi connectivity index (χ4v) is 5.51. The van der Waals surface area contributed by atoms with Gasteiger partial charge in [-0.2, -0.15) is 0 Å². The smallest absolute Gasteiger partial charge is 0.411 e. The second-order valence-corrected chi connectivity index (χ2v) is 14.6. The van der Waals surface area contributed by atoms with Gasteiger partial charge in [0.15, 0.2) is 0 Å². The van der Waals surface area contributed by atoms with E-state index in [1.165, 1.54) is 4.90 Å². The van der Waals surface area contributed by atoms with Crippen LogP contribution in [-0.4, -0.2) is 63.7 Å². The van der Waals surface area contributed by atoms with Crippen molar-refractivity contribution in [2.45, 2.75) is 129 Å². The first-order chi connectivity index (χ1) is 24.0. The van der Waals surface area contributed by atoms with Gasteiger partial charge in [-0.3, -0.25) is 9.69 Å². The van der Waals surface area contributed by atoms with Crippen molar-refractivity contribution in [1.82, 2.24) is 10.2 Å². The van der Waals surface area contributed by atoms with Crippen molar-refractivity contribution in [3.8, 4) is 0 Å². The van der Waals surface area contributed by atoms with E-state index in [1.807, 2.05) is 108 Å². The van der Waals surface area contributed by atoms with Crippen molar-refractivity contribution < 1.29 is 38.1 Å². The zero-order valence-electron chi connectivity index (χ0n) is 30.9. The molecule has 1 amide bonds. The van der Waals surface area contributed by atoms with Crippen LogP contribution in [0.2, 0.25) is 0 Å². The van der Waals surface area contributed by atoms with Crippen molar-refractivity contribution in [3.63, 3.8) is 0 Å². The Balaban J connectivity index is 0.000000293. The normalized spacial score (nSPS) is 19.6. The summed E-state index contributed by atoms with van der Waals surface area (Å²) < 4.78 is 20.8. The molecule has 2 fully saturated rings. The first-order valence-corrected chi connectivity index (χ1v) is 17.7. The number of ether oxygens (including phenoxy) is 4. The van der Waals surface area contributed by atoms with Gasteiger partial charge in [-0.1, -0.05) is 72.8 Å². The molecule has 0 bridgehead atoms. The molecule has 2 aliphatic heterocycles. The van der Waals surface area contributed by atoms with Gasteiger partial charge in [0.25, 0.3) is 0 Å². The molecule has 11 heteroatoms. The van der Waals surface area contributed by atoms with Crippen molar-refractivity contribution in [2.24, 2.45) is 0 Å². The quantitative estimate of drug-likeness (QED) is 0.111. The van der Waals surface area contributed by atoms with Gasteiger partial charge >= 0.3 is 23.5 Å². The molecular formula is C40H55ClN2O8. The van der Waals surface area contributed by atoms with Gasteiger partial charge in [0, 0.05) is 23.7 Å². The summed E-state index contributed by atoms with van der Waals surface area (Å²) in [4.78, 5) is 48.5. The SMILES string of the molecule is C=CC[C@@H]1CC[C@@H](C(=O)OC(C)(C)C)N1.C=CC[C@@H]1CC[C@@H](C(=O)OC(C)(C)C)N1C(=O)OCc1ccccc1.O=C(Cl)OCc1ccccc1. The lowest BCUT2D eigenvalue weighted by Gasteiger charge is -2.30. The Bertz CT molecular complexity index is 1410. The molecule has 0 radical (unpaired) electrons. The number of esters is 2. The van der Waals surface area contributed by atoms with E-state index in [-0.39, 0.29) is 37.2 Å². The summed E-state index contributed by atoms with van der Waals surface area (Å²) in [5.41, 5.74) is 0.0853. The zero-order valence-corrected chi connectivity index (χ0v) is 31.7. The third-order valence-electron chi connectivity index (χ3n) is 7.61. The van der Waals surface area contributed by atoms with Crippen LogP contribution in [0.1, 0.15) is 91.2 Å². The number of hydrogen-bond acceptors (Lipinski definition) is 9. The fraction of sp³-hybridized carbons (Fsp3) is 0.500. The minimum atomic E-state index is -0.770. The molecule has 0 aromatic heterocycles. The number of amides is 1. The Morgan fingerprint density at radius 1 is 0.745 bits per heavy atom. The van der Waals surface area contributed by atoms with E-state index < -0.39 is 28.8 Å². The maximum absolute atomic E-state index is 12.6. The minimum absolute atomic E-state index is 0.0849. The molecule has 0 saturated carbocycles. The first-order valence-electron chi connectivity index (χ1n) is 17.3. The van der Waals surface area contributed by atoms with Crippen molar-refractivity contribution >= 4 is 35.1 Å². The lowest BCUT2D eigenvalue weighted by atomic mass is 10.1. The van der Waals surface area contributed by atoms with Gasteiger partial charge in [-0.15, -0.1) is 13.2 Å². The fourth-order valence-electron chi connectivity index (χ4n) is 5.46. The third kappa shape index (κ3) is 17.1. The highest BCUT2D eigenvalue weighted by atomic mass is 35.5. The Morgan fingerprint density at radius 2 is 1.25 bits per heavy atom. The molecule has 10 nitrogen and oxygen atoms in total. The summed E-state index contributed by atoms with van der Waals surface area (Å²) in [7, 11) is 0. The van der Waals surface area contributed by atoms with E-state index in [0.717, 1.165) is 36.8 Å². The van der Waals surface area contributed by atoms with Crippen LogP contribution in [0.3, 0.4) is 0 Å². The van der Waals surface area contributed by atoms with Crippen molar-refractivity contribution in [1.29, 1.82) is 0 Å². The van der Waals surface area contributed by atoms with E-state index in [0.29, 0.717) is 18.9 Å². The summed E-state index contributed by atoms with van der Waals surface area (Å²) in [5.74, 6) is -0.509. The minimum Gasteiger partial charge on any atom is -0.459 e. The summed E-state index contributed by atoms with van der Waals surface area (Å²) in [6.07, 6.45) is 7.91. The highest BCUT2D eigenvalue weighted by Gasteiger charge is 2.43. The molecule has 0 unspecified atom stereocenters. The molecule has 51 heavy (non-hydrogen) atoms. The van der Waals surface area contributed by atoms with Gasteiger partial charge in [0.1, 0.15) is 36.5 Å². The maximum Gasteiger partial charge on any atom is 0.411 e. The van der Waals surface area contributed by atoms with Gasteiger partial charge in [0.05, 0.1) is 0 Å². The monoisotopic (exact) mass is 726 g/mol. The molecule has 2 heterocycles. The number of nitrogens with one attached hydrogen (secondary N) is 1. The highest BCUT2D eigenvalue weighted by Crippen LogP contribution is 2.30. The van der Waals surface area contributed by atoms with Crippen molar-refractivity contribution in [2.75, 3.05) is 0 Å². The maximum atomic E-state index is 12.6. The lowest BCUT2D eigenvalue weighted by Crippen LogP contribution is -2.47. The molecule has 2 saturated heterocycles. The number of likely N-dealkylation sites (tertiary alicyclic amines) is 1. The first kappa shape index (κ1) is 43.0. The van der Waals surface area contributed by atoms with Crippen LogP contribution in [-0.2, 0) is 41.8 Å². The second kappa shape index (κ2) is 21.3. The zero-order chi connectivity index (χ0) is 38.0. The third-order valence-corrected chi connectivity index (χ3v) is 7.72. The molecule has 0 spiro atoms.